The molecule has 5 nitrogen and oxygen atoms in total. The van der Waals surface area contributed by atoms with Crippen LogP contribution in [0.2, 0.25) is 0 Å². The molecule has 1 saturated heterocycles. The molecule has 1 fully saturated rings. The summed E-state index contributed by atoms with van der Waals surface area (Å²) in [5.41, 5.74) is 5.74. The molecule has 2 aromatic heterocycles. The maximum Gasteiger partial charge on any atom is 0.0970 e. The van der Waals surface area contributed by atoms with E-state index in [1.165, 1.54) is 20.8 Å². The Balaban J connectivity index is 1.19. The largest absolute Gasteiger partial charge is 0.390 e. The molecule has 2 aromatic carbocycles. The molecule has 5 rings (SSSR count). The number of hydrogen-bond donors (Lipinski definition) is 1. The minimum Gasteiger partial charge on any atom is -0.390 e. The number of nitrogens with zero attached hydrogens (tertiary/aromatic N) is 4. The summed E-state index contributed by atoms with van der Waals surface area (Å²) in [6, 6.07) is 12.7. The van der Waals surface area contributed by atoms with E-state index in [2.05, 4.69) is 64.7 Å². The van der Waals surface area contributed by atoms with E-state index in [-0.39, 0.29) is 0 Å². The summed E-state index contributed by atoms with van der Waals surface area (Å²) in [4.78, 5) is 11.8. The van der Waals surface area contributed by atoms with Gasteiger partial charge in [0.05, 0.1) is 45.2 Å². The molecule has 0 spiro atoms. The molecular formula is C24H28N4OS. The van der Waals surface area contributed by atoms with E-state index in [0.29, 0.717) is 19.0 Å². The van der Waals surface area contributed by atoms with Crippen molar-refractivity contribution in [3.63, 3.8) is 0 Å². The number of thiazole rings is 1. The van der Waals surface area contributed by atoms with E-state index in [1.54, 1.807) is 0 Å². The topological polar surface area (TPSA) is 54.2 Å². The van der Waals surface area contributed by atoms with Gasteiger partial charge >= 0.3 is 0 Å². The van der Waals surface area contributed by atoms with Gasteiger partial charge in [-0.1, -0.05) is 12.1 Å². The van der Waals surface area contributed by atoms with Crippen LogP contribution in [0.5, 0.6) is 0 Å². The van der Waals surface area contributed by atoms with Crippen molar-refractivity contribution in [2.75, 3.05) is 19.6 Å². The van der Waals surface area contributed by atoms with Crippen molar-refractivity contribution in [1.82, 2.24) is 19.4 Å². The summed E-state index contributed by atoms with van der Waals surface area (Å²) >= 11 is 1.84. The van der Waals surface area contributed by atoms with E-state index in [0.717, 1.165) is 42.5 Å². The molecule has 1 aliphatic rings. The number of aromatic nitrogens is 3. The predicted molar refractivity (Wildman–Crippen MR) is 123 cm³/mol. The number of piperidine rings is 1. The number of para-hydroxylation sites is 1. The Morgan fingerprint density at radius 1 is 1.07 bits per heavy atom. The van der Waals surface area contributed by atoms with Gasteiger partial charge in [-0.05, 0) is 75.2 Å². The fraction of sp³-hybridized carbons (Fsp3) is 0.417. The highest BCUT2D eigenvalue weighted by molar-refractivity contribution is 7.18. The van der Waals surface area contributed by atoms with Crippen molar-refractivity contribution >= 4 is 32.6 Å². The summed E-state index contributed by atoms with van der Waals surface area (Å²) in [5, 5.41) is 12.0. The van der Waals surface area contributed by atoms with Gasteiger partial charge in [0.15, 0.2) is 0 Å². The first-order valence-electron chi connectivity index (χ1n) is 10.7. The minimum absolute atomic E-state index is 0.400. The van der Waals surface area contributed by atoms with Crippen LogP contribution in [0.15, 0.2) is 42.7 Å². The number of benzene rings is 2. The van der Waals surface area contributed by atoms with Crippen LogP contribution in [0.3, 0.4) is 0 Å². The lowest BCUT2D eigenvalue weighted by Gasteiger charge is -2.32. The lowest BCUT2D eigenvalue weighted by molar-refractivity contribution is 0.0856. The summed E-state index contributed by atoms with van der Waals surface area (Å²) in [7, 11) is 0. The zero-order valence-corrected chi connectivity index (χ0v) is 18.4. The van der Waals surface area contributed by atoms with Crippen molar-refractivity contribution in [2.45, 2.75) is 45.3 Å². The van der Waals surface area contributed by atoms with Crippen LogP contribution in [0, 0.1) is 13.8 Å². The first-order chi connectivity index (χ1) is 14.6. The lowest BCUT2D eigenvalue weighted by Crippen LogP contribution is -2.39. The average molecular weight is 421 g/mol. The molecule has 3 heterocycles. The molecule has 0 saturated carbocycles. The summed E-state index contributed by atoms with van der Waals surface area (Å²) in [6.45, 7) is 7.55. The molecule has 1 aliphatic heterocycles. The molecule has 1 N–H and O–H groups in total. The number of β-amino-alcohol motifs (C(OH)–C–C–N with tert-alkyl or cyclic N) is 1. The first-order valence-corrected chi connectivity index (χ1v) is 11.6. The van der Waals surface area contributed by atoms with Gasteiger partial charge in [0.25, 0.3) is 0 Å². The molecule has 1 unspecified atom stereocenters. The molecule has 0 amide bonds. The molecule has 0 aliphatic carbocycles. The third kappa shape index (κ3) is 3.87. The molecule has 4 aromatic rings. The molecule has 0 bridgehead atoms. The summed E-state index contributed by atoms with van der Waals surface area (Å²) in [6.07, 6.45) is 3.67. The molecule has 0 radical (unpaired) electrons. The third-order valence-corrected chi connectivity index (χ3v) is 7.56. The number of rotatable bonds is 5. The van der Waals surface area contributed by atoms with E-state index in [4.69, 9.17) is 4.98 Å². The quantitative estimate of drug-likeness (QED) is 0.516. The highest BCUT2D eigenvalue weighted by atomic mass is 32.1. The highest BCUT2D eigenvalue weighted by Crippen LogP contribution is 2.33. The van der Waals surface area contributed by atoms with Gasteiger partial charge in [-0.15, -0.1) is 11.3 Å². The van der Waals surface area contributed by atoms with Crippen molar-refractivity contribution < 1.29 is 5.11 Å². The van der Waals surface area contributed by atoms with Gasteiger partial charge in [-0.2, -0.15) is 0 Å². The smallest absolute Gasteiger partial charge is 0.0970 e. The van der Waals surface area contributed by atoms with Crippen LogP contribution in [-0.4, -0.2) is 50.3 Å². The van der Waals surface area contributed by atoms with Crippen molar-refractivity contribution in [1.29, 1.82) is 0 Å². The second-order valence-electron chi connectivity index (χ2n) is 8.57. The van der Waals surface area contributed by atoms with Crippen LogP contribution >= 0.6 is 11.3 Å². The van der Waals surface area contributed by atoms with Crippen molar-refractivity contribution in [3.05, 3.63) is 58.9 Å². The first kappa shape index (κ1) is 19.7. The Morgan fingerprint density at radius 3 is 2.63 bits per heavy atom. The fourth-order valence-corrected chi connectivity index (χ4v) is 5.61. The van der Waals surface area contributed by atoms with Crippen LogP contribution in [0.1, 0.15) is 34.9 Å². The van der Waals surface area contributed by atoms with Gasteiger partial charge in [0, 0.05) is 12.5 Å². The van der Waals surface area contributed by atoms with Crippen LogP contribution in [0.25, 0.3) is 21.3 Å². The Hall–Kier alpha value is -2.28. The SMILES string of the molecule is Cc1cc2ncn(CC(O)CN3CCC(c4nc5ccccc5s4)CC3)c2cc1C. The number of aryl methyl sites for hydroxylation is 2. The number of likely N-dealkylation sites (tertiary alicyclic amines) is 1. The Labute approximate surface area is 181 Å². The average Bonchev–Trinajstić information content (AvgIpc) is 3.33. The van der Waals surface area contributed by atoms with Crippen molar-refractivity contribution in [3.8, 4) is 0 Å². The molecule has 6 heteroatoms. The van der Waals surface area contributed by atoms with E-state index in [1.807, 2.05) is 17.7 Å². The lowest BCUT2D eigenvalue weighted by atomic mass is 9.97. The van der Waals surface area contributed by atoms with E-state index < -0.39 is 6.10 Å². The summed E-state index contributed by atoms with van der Waals surface area (Å²) < 4.78 is 3.36. The molecule has 30 heavy (non-hydrogen) atoms. The molecular weight excluding hydrogens is 392 g/mol. The van der Waals surface area contributed by atoms with Gasteiger partial charge in [0.1, 0.15) is 0 Å². The number of aliphatic hydroxyl groups excluding tert-OH is 1. The van der Waals surface area contributed by atoms with Gasteiger partial charge in [-0.3, -0.25) is 0 Å². The second kappa shape index (κ2) is 8.10. The monoisotopic (exact) mass is 420 g/mol. The van der Waals surface area contributed by atoms with Crippen LogP contribution in [0.4, 0.5) is 0 Å². The van der Waals surface area contributed by atoms with E-state index >= 15 is 0 Å². The zero-order chi connectivity index (χ0) is 20.7. The third-order valence-electron chi connectivity index (χ3n) is 6.36. The number of hydrogen-bond acceptors (Lipinski definition) is 5. The van der Waals surface area contributed by atoms with Crippen molar-refractivity contribution in [2.24, 2.45) is 0 Å². The summed E-state index contributed by atoms with van der Waals surface area (Å²) in [5.74, 6) is 0.541. The predicted octanol–water partition coefficient (Wildman–Crippen LogP) is 4.50. The number of fused-ring (bicyclic) bond motifs is 2. The van der Waals surface area contributed by atoms with Gasteiger partial charge in [-0.25, -0.2) is 9.97 Å². The zero-order valence-electron chi connectivity index (χ0n) is 17.6. The molecule has 1 atom stereocenters. The van der Waals surface area contributed by atoms with Gasteiger partial charge in [0.2, 0.25) is 0 Å². The Kier molecular flexibility index (Phi) is 5.31. The minimum atomic E-state index is -0.400. The van der Waals surface area contributed by atoms with Crippen LogP contribution < -0.4 is 0 Å². The number of aliphatic hydroxyl groups is 1. The standard InChI is InChI=1S/C24H28N4OS/c1-16-11-21-22(12-17(16)2)28(15-25-21)14-19(29)13-27-9-7-18(8-10-27)24-26-20-5-3-4-6-23(20)30-24/h3-6,11-12,15,18-19,29H,7-10,13-14H2,1-2H3. The number of imidazole rings is 1. The highest BCUT2D eigenvalue weighted by Gasteiger charge is 2.24. The second-order valence-corrected chi connectivity index (χ2v) is 9.63. The normalized spacial score (nSPS) is 17.2. The Morgan fingerprint density at radius 2 is 1.83 bits per heavy atom. The van der Waals surface area contributed by atoms with Crippen LogP contribution in [-0.2, 0) is 6.54 Å². The fourth-order valence-electron chi connectivity index (χ4n) is 4.47. The molecule has 156 valence electrons. The maximum absolute atomic E-state index is 10.7. The van der Waals surface area contributed by atoms with Gasteiger partial charge < -0.3 is 14.6 Å². The maximum atomic E-state index is 10.7. The van der Waals surface area contributed by atoms with E-state index in [9.17, 15) is 5.11 Å². The Bertz CT molecular complexity index is 1140.